The maximum atomic E-state index is 12.5. The molecule has 1 saturated heterocycles. The van der Waals surface area contributed by atoms with E-state index in [9.17, 15) is 13.2 Å². The van der Waals surface area contributed by atoms with Crippen molar-refractivity contribution >= 4 is 15.7 Å². The second kappa shape index (κ2) is 4.83. The van der Waals surface area contributed by atoms with Crippen LogP contribution >= 0.6 is 0 Å². The monoisotopic (exact) mass is 313 g/mol. The van der Waals surface area contributed by atoms with Crippen LogP contribution in [-0.2, 0) is 22.3 Å². The molecule has 118 valence electrons. The molecule has 6 nitrogen and oxygen atoms in total. The smallest absolute Gasteiger partial charge is 0.255 e. The molecule has 1 unspecified atom stereocenters. The van der Waals surface area contributed by atoms with Crippen molar-refractivity contribution in [3.63, 3.8) is 0 Å². The summed E-state index contributed by atoms with van der Waals surface area (Å²) in [4.78, 5) is 12.5. The highest BCUT2D eigenvalue weighted by molar-refractivity contribution is 7.91. The Morgan fingerprint density at radius 2 is 2.05 bits per heavy atom. The third kappa shape index (κ3) is 3.45. The molecule has 1 aromatic heterocycles. The van der Waals surface area contributed by atoms with Gasteiger partial charge in [-0.3, -0.25) is 9.48 Å². The average molecular weight is 313 g/mol. The van der Waals surface area contributed by atoms with Gasteiger partial charge in [0.15, 0.2) is 9.84 Å². The molecule has 0 aromatic carbocycles. The first-order valence-electron chi connectivity index (χ1n) is 6.99. The third-order valence-corrected chi connectivity index (χ3v) is 5.61. The van der Waals surface area contributed by atoms with Gasteiger partial charge in [0, 0.05) is 18.7 Å². The van der Waals surface area contributed by atoms with Gasteiger partial charge in [-0.15, -0.1) is 0 Å². The van der Waals surface area contributed by atoms with Gasteiger partial charge < -0.3 is 5.32 Å². The maximum absolute atomic E-state index is 12.5. The van der Waals surface area contributed by atoms with Gasteiger partial charge in [-0.05, 0) is 13.3 Å². The van der Waals surface area contributed by atoms with Crippen LogP contribution in [0.4, 0.5) is 0 Å². The minimum absolute atomic E-state index is 0.00312. The molecular formula is C14H23N3O3S. The summed E-state index contributed by atoms with van der Waals surface area (Å²) in [5.41, 5.74) is 0.278. The van der Waals surface area contributed by atoms with Crippen molar-refractivity contribution < 1.29 is 13.2 Å². The molecule has 1 aliphatic heterocycles. The van der Waals surface area contributed by atoms with Gasteiger partial charge in [-0.2, -0.15) is 5.10 Å². The molecule has 0 spiro atoms. The Bertz CT molecular complexity index is 670. The van der Waals surface area contributed by atoms with E-state index in [2.05, 4.69) is 10.4 Å². The number of aromatic nitrogens is 2. The first kappa shape index (κ1) is 16.0. The summed E-state index contributed by atoms with van der Waals surface area (Å²) in [5, 5.41) is 7.25. The number of nitrogens with zero attached hydrogens (tertiary/aromatic N) is 2. The van der Waals surface area contributed by atoms with Crippen LogP contribution in [0.1, 0.15) is 50.2 Å². The van der Waals surface area contributed by atoms with E-state index in [1.165, 1.54) is 0 Å². The largest absolute Gasteiger partial charge is 0.346 e. The molecule has 0 aliphatic carbocycles. The van der Waals surface area contributed by atoms with E-state index in [-0.39, 0.29) is 22.8 Å². The van der Waals surface area contributed by atoms with Crippen LogP contribution in [0.3, 0.4) is 0 Å². The number of aryl methyl sites for hydroxylation is 1. The Balaban J connectivity index is 2.26. The Morgan fingerprint density at radius 3 is 2.52 bits per heavy atom. The molecule has 1 fully saturated rings. The molecule has 2 rings (SSSR count). The van der Waals surface area contributed by atoms with Gasteiger partial charge in [0.1, 0.15) is 0 Å². The first-order valence-corrected chi connectivity index (χ1v) is 8.81. The minimum atomic E-state index is -3.05. The van der Waals surface area contributed by atoms with E-state index in [4.69, 9.17) is 0 Å². The lowest BCUT2D eigenvalue weighted by Crippen LogP contribution is -2.47. The molecule has 21 heavy (non-hydrogen) atoms. The molecule has 0 saturated carbocycles. The van der Waals surface area contributed by atoms with Gasteiger partial charge >= 0.3 is 0 Å². The number of sulfone groups is 1. The normalized spacial score (nSPS) is 25.0. The van der Waals surface area contributed by atoms with E-state index >= 15 is 0 Å². The number of amides is 1. The highest BCUT2D eigenvalue weighted by Crippen LogP contribution is 2.27. The van der Waals surface area contributed by atoms with Gasteiger partial charge in [0.2, 0.25) is 0 Å². The lowest BCUT2D eigenvalue weighted by molar-refractivity contribution is 0.0913. The van der Waals surface area contributed by atoms with Crippen LogP contribution in [0.25, 0.3) is 0 Å². The zero-order valence-corrected chi connectivity index (χ0v) is 14.0. The van der Waals surface area contributed by atoms with E-state index in [0.29, 0.717) is 17.7 Å². The topological polar surface area (TPSA) is 81.1 Å². The quantitative estimate of drug-likeness (QED) is 0.884. The summed E-state index contributed by atoms with van der Waals surface area (Å²) in [6.45, 7) is 7.76. The zero-order valence-electron chi connectivity index (χ0n) is 13.2. The van der Waals surface area contributed by atoms with E-state index < -0.39 is 15.4 Å². The van der Waals surface area contributed by atoms with Crippen molar-refractivity contribution in [2.45, 2.75) is 45.1 Å². The van der Waals surface area contributed by atoms with Gasteiger partial charge in [0.25, 0.3) is 5.91 Å². The molecule has 7 heteroatoms. The van der Waals surface area contributed by atoms with Crippen molar-refractivity contribution in [1.82, 2.24) is 15.1 Å². The van der Waals surface area contributed by atoms with Crippen molar-refractivity contribution in [3.8, 4) is 0 Å². The van der Waals surface area contributed by atoms with Crippen molar-refractivity contribution in [2.24, 2.45) is 7.05 Å². The molecule has 1 aromatic rings. The van der Waals surface area contributed by atoms with Crippen molar-refractivity contribution in [2.75, 3.05) is 11.5 Å². The number of carbonyl (C=O) groups is 1. The zero-order chi connectivity index (χ0) is 16.1. The number of nitrogens with one attached hydrogen (secondary N) is 1. The minimum Gasteiger partial charge on any atom is -0.346 e. The predicted octanol–water partition coefficient (Wildman–Crippen LogP) is 1.02. The molecule has 2 heterocycles. The standard InChI is InChI=1S/C14H23N3O3S/c1-13(2,3)11-10(8-17(5)16-11)12(18)15-14(4)6-7-21(19,20)9-14/h8H,6-7,9H2,1-5H3,(H,15,18). The fourth-order valence-electron chi connectivity index (χ4n) is 2.66. The summed E-state index contributed by atoms with van der Waals surface area (Å²) in [6.07, 6.45) is 2.13. The fraction of sp³-hybridized carbons (Fsp3) is 0.714. The van der Waals surface area contributed by atoms with Crippen LogP contribution in [0.2, 0.25) is 0 Å². The summed E-state index contributed by atoms with van der Waals surface area (Å²) >= 11 is 0. The molecule has 1 atom stereocenters. The Labute approximate surface area is 125 Å². The van der Waals surface area contributed by atoms with Gasteiger partial charge in [-0.1, -0.05) is 20.8 Å². The van der Waals surface area contributed by atoms with E-state index in [1.807, 2.05) is 20.8 Å². The number of rotatable bonds is 2. The summed E-state index contributed by atoms with van der Waals surface area (Å²) in [5.74, 6) is -0.132. The highest BCUT2D eigenvalue weighted by atomic mass is 32.2. The summed E-state index contributed by atoms with van der Waals surface area (Å²) in [6, 6.07) is 0. The molecule has 1 N–H and O–H groups in total. The summed E-state index contributed by atoms with van der Waals surface area (Å²) < 4.78 is 24.9. The maximum Gasteiger partial charge on any atom is 0.255 e. The van der Waals surface area contributed by atoms with E-state index in [0.717, 1.165) is 0 Å². The number of hydrogen-bond donors (Lipinski definition) is 1. The van der Waals surface area contributed by atoms with Crippen LogP contribution in [-0.4, -0.2) is 41.2 Å². The summed E-state index contributed by atoms with van der Waals surface area (Å²) in [7, 11) is -1.28. The van der Waals surface area contributed by atoms with Gasteiger partial charge in [0.05, 0.1) is 28.3 Å². The van der Waals surface area contributed by atoms with Gasteiger partial charge in [-0.25, -0.2) is 8.42 Å². The lowest BCUT2D eigenvalue weighted by atomic mass is 9.89. The van der Waals surface area contributed by atoms with E-state index in [1.54, 1.807) is 24.9 Å². The predicted molar refractivity (Wildman–Crippen MR) is 81.1 cm³/mol. The fourth-order valence-corrected chi connectivity index (χ4v) is 4.75. The Morgan fingerprint density at radius 1 is 1.43 bits per heavy atom. The van der Waals surface area contributed by atoms with Crippen LogP contribution in [0.15, 0.2) is 6.20 Å². The SMILES string of the molecule is Cn1cc(C(=O)NC2(C)CCS(=O)(=O)C2)c(C(C)(C)C)n1. The highest BCUT2D eigenvalue weighted by Gasteiger charge is 2.40. The average Bonchev–Trinajstić information content (AvgIpc) is 2.79. The molecule has 0 bridgehead atoms. The Hall–Kier alpha value is -1.37. The van der Waals surface area contributed by atoms with Crippen molar-refractivity contribution in [3.05, 3.63) is 17.5 Å². The Kier molecular flexibility index (Phi) is 3.68. The lowest BCUT2D eigenvalue weighted by Gasteiger charge is -2.25. The number of hydrogen-bond acceptors (Lipinski definition) is 4. The second-order valence-corrected chi connectivity index (χ2v) is 9.36. The second-order valence-electron chi connectivity index (χ2n) is 7.17. The van der Waals surface area contributed by atoms with Crippen molar-refractivity contribution in [1.29, 1.82) is 0 Å². The molecule has 0 radical (unpaired) electrons. The van der Waals surface area contributed by atoms with Crippen LogP contribution < -0.4 is 5.32 Å². The third-order valence-electron chi connectivity index (χ3n) is 3.70. The molecular weight excluding hydrogens is 290 g/mol. The number of carbonyl (C=O) groups excluding carboxylic acids is 1. The first-order chi connectivity index (χ1) is 9.42. The van der Waals surface area contributed by atoms with Crippen LogP contribution in [0, 0.1) is 0 Å². The molecule has 1 amide bonds. The van der Waals surface area contributed by atoms with Crippen LogP contribution in [0.5, 0.6) is 0 Å². The molecule has 1 aliphatic rings.